The van der Waals surface area contributed by atoms with E-state index in [1.807, 2.05) is 50.9 Å². The fourth-order valence-electron chi connectivity index (χ4n) is 4.07. The van der Waals surface area contributed by atoms with Crippen molar-refractivity contribution in [2.45, 2.75) is 45.8 Å². The molecule has 0 radical (unpaired) electrons. The molecule has 1 aliphatic heterocycles. The van der Waals surface area contributed by atoms with E-state index in [0.717, 1.165) is 55.4 Å². The van der Waals surface area contributed by atoms with Crippen molar-refractivity contribution in [3.8, 4) is 0 Å². The van der Waals surface area contributed by atoms with E-state index in [1.54, 1.807) is 17.3 Å². The van der Waals surface area contributed by atoms with Crippen LogP contribution >= 0.6 is 0 Å². The number of hydrogen-bond acceptors (Lipinski definition) is 8. The van der Waals surface area contributed by atoms with Crippen LogP contribution in [0.5, 0.6) is 0 Å². The molecular weight excluding hydrogens is 444 g/mol. The van der Waals surface area contributed by atoms with E-state index in [1.165, 1.54) is 6.33 Å². The maximum Gasteiger partial charge on any atom is 0.410 e. The molecule has 4 rings (SSSR count). The van der Waals surface area contributed by atoms with Crippen LogP contribution in [-0.2, 0) is 11.3 Å². The van der Waals surface area contributed by atoms with Crippen molar-refractivity contribution in [2.75, 3.05) is 36.9 Å². The Morgan fingerprint density at radius 1 is 1.14 bits per heavy atom. The smallest absolute Gasteiger partial charge is 0.410 e. The van der Waals surface area contributed by atoms with Crippen LogP contribution in [0.1, 0.15) is 39.2 Å². The van der Waals surface area contributed by atoms with Gasteiger partial charge in [0.25, 0.3) is 0 Å². The Morgan fingerprint density at radius 3 is 2.54 bits per heavy atom. The molecule has 3 heterocycles. The number of piperidine rings is 1. The van der Waals surface area contributed by atoms with Crippen molar-refractivity contribution in [1.29, 1.82) is 0 Å². The molecule has 1 amide bonds. The van der Waals surface area contributed by atoms with E-state index < -0.39 is 5.60 Å². The normalized spacial score (nSPS) is 14.6. The van der Waals surface area contributed by atoms with Gasteiger partial charge in [0.05, 0.1) is 6.54 Å². The highest BCUT2D eigenvalue weighted by molar-refractivity contribution is 5.68. The zero-order chi connectivity index (χ0) is 24.8. The zero-order valence-corrected chi connectivity index (χ0v) is 20.9. The monoisotopic (exact) mass is 478 g/mol. The van der Waals surface area contributed by atoms with Crippen molar-refractivity contribution in [2.24, 2.45) is 5.92 Å². The summed E-state index contributed by atoms with van der Waals surface area (Å²) in [6, 6.07) is 10.1. The number of aromatic nitrogens is 5. The molecule has 0 spiro atoms. The van der Waals surface area contributed by atoms with E-state index in [-0.39, 0.29) is 6.09 Å². The Labute approximate surface area is 206 Å². The number of carbonyl (C=O) groups is 1. The Balaban J connectivity index is 1.28. The van der Waals surface area contributed by atoms with Crippen LogP contribution in [0.2, 0.25) is 0 Å². The minimum atomic E-state index is -0.465. The van der Waals surface area contributed by atoms with Crippen molar-refractivity contribution >= 4 is 23.4 Å². The number of likely N-dealkylation sites (tertiary alicyclic amines) is 1. The number of anilines is 3. The van der Waals surface area contributed by atoms with Gasteiger partial charge in [-0.05, 0) is 57.2 Å². The zero-order valence-electron chi connectivity index (χ0n) is 20.9. The first-order valence-electron chi connectivity index (χ1n) is 11.9. The molecule has 186 valence electrons. The van der Waals surface area contributed by atoms with E-state index in [2.05, 4.69) is 42.4 Å². The largest absolute Gasteiger partial charge is 0.444 e. The average molecular weight is 479 g/mol. The van der Waals surface area contributed by atoms with E-state index >= 15 is 0 Å². The fourth-order valence-corrected chi connectivity index (χ4v) is 4.07. The molecule has 1 saturated heterocycles. The molecule has 35 heavy (non-hydrogen) atoms. The van der Waals surface area contributed by atoms with E-state index in [9.17, 15) is 4.79 Å². The summed E-state index contributed by atoms with van der Waals surface area (Å²) in [5.74, 6) is 2.09. The molecule has 1 aliphatic rings. The Kier molecular flexibility index (Phi) is 7.48. The predicted octanol–water partition coefficient (Wildman–Crippen LogP) is 3.94. The van der Waals surface area contributed by atoms with Crippen LogP contribution in [0.15, 0.2) is 49.3 Å². The van der Waals surface area contributed by atoms with Crippen LogP contribution in [0.25, 0.3) is 0 Å². The first kappa shape index (κ1) is 24.4. The lowest BCUT2D eigenvalue weighted by atomic mass is 9.96. The van der Waals surface area contributed by atoms with Gasteiger partial charge in [-0.2, -0.15) is 5.10 Å². The van der Waals surface area contributed by atoms with Gasteiger partial charge in [0, 0.05) is 38.4 Å². The first-order valence-corrected chi connectivity index (χ1v) is 11.9. The third-order valence-electron chi connectivity index (χ3n) is 5.88. The maximum atomic E-state index is 12.3. The number of nitrogens with one attached hydrogen (secondary N) is 1. The lowest BCUT2D eigenvalue weighted by Gasteiger charge is -2.35. The lowest BCUT2D eigenvalue weighted by molar-refractivity contribution is 0.0186. The molecule has 10 heteroatoms. The molecule has 2 aromatic heterocycles. The topological polar surface area (TPSA) is 101 Å². The Hall–Kier alpha value is -3.69. The molecular formula is C25H34N8O2. The number of hydrogen-bond donors (Lipinski definition) is 1. The summed E-state index contributed by atoms with van der Waals surface area (Å²) < 4.78 is 7.29. The predicted molar refractivity (Wildman–Crippen MR) is 135 cm³/mol. The summed E-state index contributed by atoms with van der Waals surface area (Å²) in [6.07, 6.45) is 6.49. The van der Waals surface area contributed by atoms with Crippen LogP contribution in [0.3, 0.4) is 0 Å². The number of ether oxygens (including phenoxy) is 1. The molecule has 0 bridgehead atoms. The molecule has 0 saturated carbocycles. The minimum absolute atomic E-state index is 0.220. The van der Waals surface area contributed by atoms with Gasteiger partial charge < -0.3 is 19.9 Å². The average Bonchev–Trinajstić information content (AvgIpc) is 3.33. The highest BCUT2D eigenvalue weighted by Gasteiger charge is 2.27. The standard InChI is InChI=1S/C25H34N8O2/c1-25(2,3)35-24(34)32-11-9-20(10-12-32)14-31(4)23-13-22(27-17-28-23)30-21-7-5-19(6-8-21)15-33-18-26-16-29-33/h5-8,13,16-18,20H,9-12,14-15H2,1-4H3,(H,27,28,30). The molecule has 0 aliphatic carbocycles. The SMILES string of the molecule is CN(CC1CCN(C(=O)OC(C)(C)C)CC1)c1cc(Nc2ccc(Cn3cncn3)cc2)ncn1. The second-order valence-electron chi connectivity index (χ2n) is 9.97. The highest BCUT2D eigenvalue weighted by atomic mass is 16.6. The summed E-state index contributed by atoms with van der Waals surface area (Å²) in [5, 5.41) is 7.49. The van der Waals surface area contributed by atoms with Crippen molar-refractivity contribution in [1.82, 2.24) is 29.6 Å². The van der Waals surface area contributed by atoms with Gasteiger partial charge in [0.2, 0.25) is 0 Å². The number of rotatable bonds is 7. The molecule has 1 aromatic carbocycles. The fraction of sp³-hybridized carbons (Fsp3) is 0.480. The van der Waals surface area contributed by atoms with Crippen molar-refractivity contribution < 1.29 is 9.53 Å². The number of carbonyl (C=O) groups excluding carboxylic acids is 1. The number of nitrogens with zero attached hydrogens (tertiary/aromatic N) is 7. The molecule has 1 fully saturated rings. The third kappa shape index (κ3) is 7.14. The molecule has 1 N–H and O–H groups in total. The lowest BCUT2D eigenvalue weighted by Crippen LogP contribution is -2.43. The van der Waals surface area contributed by atoms with Gasteiger partial charge in [-0.1, -0.05) is 12.1 Å². The van der Waals surface area contributed by atoms with Crippen LogP contribution < -0.4 is 10.2 Å². The van der Waals surface area contributed by atoms with Crippen molar-refractivity contribution in [3.63, 3.8) is 0 Å². The van der Waals surface area contributed by atoms with Gasteiger partial charge in [-0.25, -0.2) is 24.4 Å². The van der Waals surface area contributed by atoms with Crippen LogP contribution in [0, 0.1) is 5.92 Å². The van der Waals surface area contributed by atoms with Crippen molar-refractivity contribution in [3.05, 3.63) is 54.9 Å². The quantitative estimate of drug-likeness (QED) is 0.545. The summed E-state index contributed by atoms with van der Waals surface area (Å²) in [4.78, 5) is 29.1. The summed E-state index contributed by atoms with van der Waals surface area (Å²) >= 11 is 0. The second kappa shape index (κ2) is 10.7. The number of benzene rings is 1. The van der Waals surface area contributed by atoms with Gasteiger partial charge in [-0.3, -0.25) is 0 Å². The molecule has 0 unspecified atom stereocenters. The van der Waals surface area contributed by atoms with Gasteiger partial charge in [0.15, 0.2) is 0 Å². The maximum absolute atomic E-state index is 12.3. The summed E-state index contributed by atoms with van der Waals surface area (Å²) in [5.41, 5.74) is 1.63. The molecule has 0 atom stereocenters. The van der Waals surface area contributed by atoms with Gasteiger partial charge in [-0.15, -0.1) is 0 Å². The highest BCUT2D eigenvalue weighted by Crippen LogP contribution is 2.23. The Bertz CT molecular complexity index is 1090. The first-order chi connectivity index (χ1) is 16.7. The van der Waals surface area contributed by atoms with Gasteiger partial charge >= 0.3 is 6.09 Å². The summed E-state index contributed by atoms with van der Waals surface area (Å²) in [7, 11) is 2.05. The molecule has 10 nitrogen and oxygen atoms in total. The van der Waals surface area contributed by atoms with E-state index in [4.69, 9.17) is 4.74 Å². The molecule has 3 aromatic rings. The van der Waals surface area contributed by atoms with Crippen LogP contribution in [0.4, 0.5) is 22.1 Å². The summed E-state index contributed by atoms with van der Waals surface area (Å²) in [6.45, 7) is 8.68. The minimum Gasteiger partial charge on any atom is -0.444 e. The van der Waals surface area contributed by atoms with E-state index in [0.29, 0.717) is 12.5 Å². The number of amides is 1. The van der Waals surface area contributed by atoms with Crippen LogP contribution in [-0.4, -0.2) is 68.0 Å². The Morgan fingerprint density at radius 2 is 1.89 bits per heavy atom. The second-order valence-corrected chi connectivity index (χ2v) is 9.97. The third-order valence-corrected chi connectivity index (χ3v) is 5.88. The van der Waals surface area contributed by atoms with Gasteiger partial charge in [0.1, 0.15) is 36.2 Å².